The molecule has 0 aliphatic carbocycles. The second kappa shape index (κ2) is 7.07. The van der Waals surface area contributed by atoms with Crippen LogP contribution in [-0.4, -0.2) is 36.0 Å². The Morgan fingerprint density at radius 3 is 2.45 bits per heavy atom. The third-order valence-electron chi connectivity index (χ3n) is 2.66. The van der Waals surface area contributed by atoms with Crippen molar-refractivity contribution < 1.29 is 4.79 Å². The van der Waals surface area contributed by atoms with E-state index in [9.17, 15) is 4.79 Å². The van der Waals surface area contributed by atoms with E-state index in [0.29, 0.717) is 12.4 Å². The van der Waals surface area contributed by atoms with Crippen LogP contribution in [0, 0.1) is 0 Å². The number of carbonyl (C=O) groups is 1. The summed E-state index contributed by atoms with van der Waals surface area (Å²) in [4.78, 5) is 20.5. The van der Waals surface area contributed by atoms with Crippen LogP contribution in [0.1, 0.15) is 39.9 Å². The van der Waals surface area contributed by atoms with Gasteiger partial charge in [0.25, 0.3) is 0 Å². The molecule has 1 aromatic heterocycles. The molecule has 0 bridgehead atoms. The summed E-state index contributed by atoms with van der Waals surface area (Å²) >= 11 is 0. The van der Waals surface area contributed by atoms with E-state index in [2.05, 4.69) is 46.7 Å². The van der Waals surface area contributed by atoms with Gasteiger partial charge in [-0.05, 0) is 6.42 Å². The van der Waals surface area contributed by atoms with E-state index in [1.54, 1.807) is 6.07 Å². The first-order valence-electron chi connectivity index (χ1n) is 6.94. The van der Waals surface area contributed by atoms with Crippen molar-refractivity contribution in [3.05, 3.63) is 11.9 Å². The van der Waals surface area contributed by atoms with Gasteiger partial charge in [-0.25, -0.2) is 9.97 Å². The normalized spacial score (nSPS) is 11.1. The summed E-state index contributed by atoms with van der Waals surface area (Å²) in [5.74, 6) is 2.09. The van der Waals surface area contributed by atoms with Gasteiger partial charge in [-0.3, -0.25) is 4.79 Å². The molecule has 1 amide bonds. The van der Waals surface area contributed by atoms with Gasteiger partial charge < -0.3 is 16.0 Å². The summed E-state index contributed by atoms with van der Waals surface area (Å²) in [7, 11) is 1.81. The monoisotopic (exact) mass is 279 g/mol. The van der Waals surface area contributed by atoms with Gasteiger partial charge in [0.15, 0.2) is 0 Å². The summed E-state index contributed by atoms with van der Waals surface area (Å²) in [6.45, 7) is 9.09. The average molecular weight is 279 g/mol. The predicted octanol–water partition coefficient (Wildman–Crippen LogP) is 1.75. The molecule has 20 heavy (non-hydrogen) atoms. The van der Waals surface area contributed by atoms with E-state index >= 15 is 0 Å². The SMILES string of the molecule is CCCNC(=O)CNc1cc(NC)nc(C(C)(C)C)n1. The maximum atomic E-state index is 11.6. The van der Waals surface area contributed by atoms with Gasteiger partial charge in [0, 0.05) is 25.1 Å². The first-order chi connectivity index (χ1) is 9.36. The zero-order valence-corrected chi connectivity index (χ0v) is 13.0. The molecule has 6 heteroatoms. The zero-order chi connectivity index (χ0) is 15.2. The van der Waals surface area contributed by atoms with Crippen LogP contribution in [0.5, 0.6) is 0 Å². The lowest BCUT2D eigenvalue weighted by Gasteiger charge is -2.18. The first-order valence-corrected chi connectivity index (χ1v) is 6.94. The molecule has 112 valence electrons. The molecular weight excluding hydrogens is 254 g/mol. The van der Waals surface area contributed by atoms with Crippen LogP contribution in [0.2, 0.25) is 0 Å². The van der Waals surface area contributed by atoms with Crippen molar-refractivity contribution in [3.63, 3.8) is 0 Å². The molecule has 6 nitrogen and oxygen atoms in total. The molecule has 0 radical (unpaired) electrons. The molecule has 0 aliphatic heterocycles. The number of nitrogens with one attached hydrogen (secondary N) is 3. The van der Waals surface area contributed by atoms with Crippen molar-refractivity contribution in [2.24, 2.45) is 0 Å². The minimum absolute atomic E-state index is 0.0335. The summed E-state index contributed by atoms with van der Waals surface area (Å²) < 4.78 is 0. The minimum Gasteiger partial charge on any atom is -0.373 e. The van der Waals surface area contributed by atoms with Crippen LogP contribution in [0.15, 0.2) is 6.07 Å². The van der Waals surface area contributed by atoms with Gasteiger partial charge in [0.2, 0.25) is 5.91 Å². The number of rotatable bonds is 6. The van der Waals surface area contributed by atoms with Crippen LogP contribution in [0.3, 0.4) is 0 Å². The van der Waals surface area contributed by atoms with Crippen molar-refractivity contribution in [1.29, 1.82) is 0 Å². The van der Waals surface area contributed by atoms with Crippen molar-refractivity contribution in [3.8, 4) is 0 Å². The Balaban J connectivity index is 2.77. The molecular formula is C14H25N5O. The molecule has 0 saturated heterocycles. The van der Waals surface area contributed by atoms with Crippen molar-refractivity contribution in [2.45, 2.75) is 39.5 Å². The Morgan fingerprint density at radius 1 is 1.25 bits per heavy atom. The Kier molecular flexibility index (Phi) is 5.73. The van der Waals surface area contributed by atoms with Gasteiger partial charge in [-0.15, -0.1) is 0 Å². The number of hydrogen-bond donors (Lipinski definition) is 3. The summed E-state index contributed by atoms with van der Waals surface area (Å²) in [6.07, 6.45) is 0.928. The highest BCUT2D eigenvalue weighted by molar-refractivity contribution is 5.80. The molecule has 3 N–H and O–H groups in total. The lowest BCUT2D eigenvalue weighted by molar-refractivity contribution is -0.119. The second-order valence-corrected chi connectivity index (χ2v) is 5.67. The third kappa shape index (κ3) is 5.03. The lowest BCUT2D eigenvalue weighted by Crippen LogP contribution is -2.30. The molecule has 0 aromatic carbocycles. The van der Waals surface area contributed by atoms with Crippen molar-refractivity contribution in [1.82, 2.24) is 15.3 Å². The number of amides is 1. The van der Waals surface area contributed by atoms with E-state index in [4.69, 9.17) is 0 Å². The molecule has 1 heterocycles. The zero-order valence-electron chi connectivity index (χ0n) is 13.0. The van der Waals surface area contributed by atoms with E-state index in [1.165, 1.54) is 0 Å². The lowest BCUT2D eigenvalue weighted by atomic mass is 9.96. The topological polar surface area (TPSA) is 78.9 Å². The van der Waals surface area contributed by atoms with Gasteiger partial charge in [0.05, 0.1) is 6.54 Å². The Labute approximate surface area is 120 Å². The molecule has 0 spiro atoms. The molecule has 0 saturated carbocycles. The Morgan fingerprint density at radius 2 is 1.90 bits per heavy atom. The molecule has 0 unspecified atom stereocenters. The highest BCUT2D eigenvalue weighted by atomic mass is 16.1. The van der Waals surface area contributed by atoms with Crippen LogP contribution in [0.4, 0.5) is 11.6 Å². The Bertz CT molecular complexity index is 453. The highest BCUT2D eigenvalue weighted by Gasteiger charge is 2.19. The molecule has 1 rings (SSSR count). The highest BCUT2D eigenvalue weighted by Crippen LogP contribution is 2.21. The van der Waals surface area contributed by atoms with Crippen LogP contribution >= 0.6 is 0 Å². The van der Waals surface area contributed by atoms with Crippen molar-refractivity contribution in [2.75, 3.05) is 30.8 Å². The maximum Gasteiger partial charge on any atom is 0.239 e. The third-order valence-corrected chi connectivity index (χ3v) is 2.66. The van der Waals surface area contributed by atoms with Crippen molar-refractivity contribution >= 4 is 17.5 Å². The Hall–Kier alpha value is -1.85. The first kappa shape index (κ1) is 16.2. The molecule has 0 aliphatic rings. The minimum atomic E-state index is -0.145. The fourth-order valence-electron chi connectivity index (χ4n) is 1.50. The van der Waals surface area contributed by atoms with E-state index in [0.717, 1.165) is 18.1 Å². The molecule has 0 fully saturated rings. The van der Waals surface area contributed by atoms with Gasteiger partial charge in [0.1, 0.15) is 17.5 Å². The predicted molar refractivity (Wildman–Crippen MR) is 82.1 cm³/mol. The van der Waals surface area contributed by atoms with Crippen LogP contribution in [0.25, 0.3) is 0 Å². The molecule has 0 atom stereocenters. The fraction of sp³-hybridized carbons (Fsp3) is 0.643. The quantitative estimate of drug-likeness (QED) is 0.739. The van der Waals surface area contributed by atoms with Crippen LogP contribution in [-0.2, 0) is 10.2 Å². The summed E-state index contributed by atoms with van der Waals surface area (Å²) in [5, 5.41) is 8.86. The van der Waals surface area contributed by atoms with Crippen LogP contribution < -0.4 is 16.0 Å². The standard InChI is InChI=1S/C14H25N5O/c1-6-7-16-12(20)9-17-11-8-10(15-5)18-13(19-11)14(2,3)4/h8H,6-7,9H2,1-5H3,(H,16,20)(H2,15,17,18,19). The number of aromatic nitrogens is 2. The fourth-order valence-corrected chi connectivity index (χ4v) is 1.50. The number of nitrogens with zero attached hydrogens (tertiary/aromatic N) is 2. The number of carbonyl (C=O) groups excluding carboxylic acids is 1. The van der Waals surface area contributed by atoms with Gasteiger partial charge >= 0.3 is 0 Å². The van der Waals surface area contributed by atoms with E-state index < -0.39 is 0 Å². The maximum absolute atomic E-state index is 11.6. The average Bonchev–Trinajstić information content (AvgIpc) is 2.41. The van der Waals surface area contributed by atoms with E-state index in [1.807, 2.05) is 14.0 Å². The number of anilines is 2. The van der Waals surface area contributed by atoms with Gasteiger partial charge in [-0.1, -0.05) is 27.7 Å². The van der Waals surface area contributed by atoms with E-state index in [-0.39, 0.29) is 17.9 Å². The second-order valence-electron chi connectivity index (χ2n) is 5.67. The summed E-state index contributed by atoms with van der Waals surface area (Å²) in [6, 6.07) is 1.79. The largest absolute Gasteiger partial charge is 0.373 e. The van der Waals surface area contributed by atoms with Gasteiger partial charge in [-0.2, -0.15) is 0 Å². The number of hydrogen-bond acceptors (Lipinski definition) is 5. The molecule has 1 aromatic rings. The summed E-state index contributed by atoms with van der Waals surface area (Å²) in [5.41, 5.74) is -0.145. The smallest absolute Gasteiger partial charge is 0.239 e.